The van der Waals surface area contributed by atoms with E-state index >= 15 is 0 Å². The van der Waals surface area contributed by atoms with E-state index in [0.717, 1.165) is 32.0 Å². The minimum atomic E-state index is -0.00162. The summed E-state index contributed by atoms with van der Waals surface area (Å²) in [6.45, 7) is 8.01. The topological polar surface area (TPSA) is 50.4 Å². The summed E-state index contributed by atoms with van der Waals surface area (Å²) in [6, 6.07) is 0. The first-order valence-electron chi connectivity index (χ1n) is 6.23. The maximum absolute atomic E-state index is 11.3. The van der Waals surface area contributed by atoms with E-state index in [1.807, 2.05) is 0 Å². The number of amides is 1. The smallest absolute Gasteiger partial charge is 0.246 e. The van der Waals surface area contributed by atoms with Crippen LogP contribution in [0.1, 0.15) is 26.7 Å². The Bertz CT molecular complexity index is 201. The van der Waals surface area contributed by atoms with Crippen molar-refractivity contribution in [3.05, 3.63) is 0 Å². The molecular formula is C12H24N2O2. The van der Waals surface area contributed by atoms with Gasteiger partial charge in [0.05, 0.1) is 0 Å². The highest BCUT2D eigenvalue weighted by Crippen LogP contribution is 2.11. The molecule has 4 heteroatoms. The van der Waals surface area contributed by atoms with Crippen molar-refractivity contribution < 1.29 is 9.53 Å². The standard InChI is InChI=1S/C12H24N2O2/c1-10(2)7-14-12(15)9-16-6-4-11-3-5-13-8-11/h10-11,13H,3-9H2,1-2H3,(H,14,15). The van der Waals surface area contributed by atoms with E-state index in [9.17, 15) is 4.79 Å². The van der Waals surface area contributed by atoms with Gasteiger partial charge in [-0.2, -0.15) is 0 Å². The van der Waals surface area contributed by atoms with Crippen LogP contribution in [0.5, 0.6) is 0 Å². The first-order valence-corrected chi connectivity index (χ1v) is 6.23. The Morgan fingerprint density at radius 1 is 1.56 bits per heavy atom. The summed E-state index contributed by atoms with van der Waals surface area (Å²) < 4.78 is 5.35. The van der Waals surface area contributed by atoms with Gasteiger partial charge in [-0.15, -0.1) is 0 Å². The summed E-state index contributed by atoms with van der Waals surface area (Å²) >= 11 is 0. The van der Waals surface area contributed by atoms with Crippen LogP contribution in [-0.2, 0) is 9.53 Å². The molecule has 0 spiro atoms. The third-order valence-electron chi connectivity index (χ3n) is 2.77. The van der Waals surface area contributed by atoms with Gasteiger partial charge in [-0.05, 0) is 37.8 Å². The summed E-state index contributed by atoms with van der Waals surface area (Å²) in [5, 5.41) is 6.15. The fourth-order valence-electron chi connectivity index (χ4n) is 1.74. The largest absolute Gasteiger partial charge is 0.372 e. The van der Waals surface area contributed by atoms with Crippen molar-refractivity contribution in [3.8, 4) is 0 Å². The molecule has 0 radical (unpaired) electrons. The Morgan fingerprint density at radius 2 is 2.38 bits per heavy atom. The summed E-state index contributed by atoms with van der Waals surface area (Å²) in [5.74, 6) is 1.23. The van der Waals surface area contributed by atoms with Crippen LogP contribution >= 0.6 is 0 Å². The third-order valence-corrected chi connectivity index (χ3v) is 2.77. The maximum atomic E-state index is 11.3. The fraction of sp³-hybridized carbons (Fsp3) is 0.917. The van der Waals surface area contributed by atoms with Crippen LogP contribution in [0.2, 0.25) is 0 Å². The molecule has 1 aliphatic heterocycles. The molecule has 1 amide bonds. The highest BCUT2D eigenvalue weighted by Gasteiger charge is 2.13. The average Bonchev–Trinajstić information content (AvgIpc) is 2.74. The minimum Gasteiger partial charge on any atom is -0.372 e. The molecule has 0 aliphatic carbocycles. The maximum Gasteiger partial charge on any atom is 0.246 e. The molecule has 1 aliphatic rings. The van der Waals surface area contributed by atoms with Crippen molar-refractivity contribution in [2.24, 2.45) is 11.8 Å². The summed E-state index contributed by atoms with van der Waals surface area (Å²) in [4.78, 5) is 11.3. The number of ether oxygens (including phenoxy) is 1. The Morgan fingerprint density at radius 3 is 3.00 bits per heavy atom. The van der Waals surface area contributed by atoms with E-state index < -0.39 is 0 Å². The van der Waals surface area contributed by atoms with Crippen molar-refractivity contribution >= 4 is 5.91 Å². The lowest BCUT2D eigenvalue weighted by Crippen LogP contribution is -2.31. The fourth-order valence-corrected chi connectivity index (χ4v) is 1.74. The molecule has 16 heavy (non-hydrogen) atoms. The van der Waals surface area contributed by atoms with Gasteiger partial charge in [0.15, 0.2) is 0 Å². The molecule has 1 rings (SSSR count). The average molecular weight is 228 g/mol. The van der Waals surface area contributed by atoms with Crippen LogP contribution in [-0.4, -0.2) is 38.8 Å². The van der Waals surface area contributed by atoms with Crippen molar-refractivity contribution in [2.45, 2.75) is 26.7 Å². The monoisotopic (exact) mass is 228 g/mol. The van der Waals surface area contributed by atoms with Gasteiger partial charge in [0.25, 0.3) is 0 Å². The predicted octanol–water partition coefficient (Wildman–Crippen LogP) is 0.775. The number of hydrogen-bond acceptors (Lipinski definition) is 3. The molecule has 1 heterocycles. The molecule has 0 aromatic carbocycles. The molecule has 0 bridgehead atoms. The molecule has 0 aromatic heterocycles. The Labute approximate surface area is 98.1 Å². The third kappa shape index (κ3) is 6.08. The van der Waals surface area contributed by atoms with Crippen molar-refractivity contribution in [3.63, 3.8) is 0 Å². The molecule has 94 valence electrons. The van der Waals surface area contributed by atoms with E-state index in [-0.39, 0.29) is 12.5 Å². The minimum absolute atomic E-state index is 0.00162. The van der Waals surface area contributed by atoms with Crippen LogP contribution < -0.4 is 10.6 Å². The van der Waals surface area contributed by atoms with Gasteiger partial charge >= 0.3 is 0 Å². The van der Waals surface area contributed by atoms with Crippen LogP contribution in [0.4, 0.5) is 0 Å². The normalized spacial score (nSPS) is 20.3. The van der Waals surface area contributed by atoms with E-state index in [4.69, 9.17) is 4.74 Å². The zero-order valence-electron chi connectivity index (χ0n) is 10.4. The van der Waals surface area contributed by atoms with Crippen LogP contribution in [0.25, 0.3) is 0 Å². The molecule has 2 N–H and O–H groups in total. The Hall–Kier alpha value is -0.610. The van der Waals surface area contributed by atoms with Gasteiger partial charge in [-0.1, -0.05) is 13.8 Å². The van der Waals surface area contributed by atoms with Crippen LogP contribution in [0.15, 0.2) is 0 Å². The van der Waals surface area contributed by atoms with E-state index in [1.54, 1.807) is 0 Å². The van der Waals surface area contributed by atoms with E-state index in [2.05, 4.69) is 24.5 Å². The Kier molecular flexibility index (Phi) is 6.42. The lowest BCUT2D eigenvalue weighted by Gasteiger charge is -2.10. The molecule has 4 nitrogen and oxygen atoms in total. The van der Waals surface area contributed by atoms with E-state index in [1.165, 1.54) is 6.42 Å². The zero-order valence-corrected chi connectivity index (χ0v) is 10.4. The van der Waals surface area contributed by atoms with Crippen molar-refractivity contribution in [1.29, 1.82) is 0 Å². The van der Waals surface area contributed by atoms with Gasteiger partial charge in [0.1, 0.15) is 6.61 Å². The lowest BCUT2D eigenvalue weighted by molar-refractivity contribution is -0.125. The van der Waals surface area contributed by atoms with Crippen LogP contribution in [0.3, 0.4) is 0 Å². The molecule has 0 aromatic rings. The van der Waals surface area contributed by atoms with Gasteiger partial charge in [-0.3, -0.25) is 4.79 Å². The van der Waals surface area contributed by atoms with Gasteiger partial charge in [-0.25, -0.2) is 0 Å². The number of carbonyl (C=O) groups is 1. The molecular weight excluding hydrogens is 204 g/mol. The quantitative estimate of drug-likeness (QED) is 0.633. The lowest BCUT2D eigenvalue weighted by atomic mass is 10.1. The highest BCUT2D eigenvalue weighted by molar-refractivity contribution is 5.77. The van der Waals surface area contributed by atoms with Gasteiger partial charge in [0, 0.05) is 13.2 Å². The second-order valence-electron chi connectivity index (χ2n) is 4.90. The number of rotatable bonds is 7. The second kappa shape index (κ2) is 7.63. The Balaban J connectivity index is 1.91. The molecule has 1 unspecified atom stereocenters. The van der Waals surface area contributed by atoms with E-state index in [0.29, 0.717) is 12.5 Å². The number of carbonyl (C=O) groups excluding carboxylic acids is 1. The molecule has 1 fully saturated rings. The van der Waals surface area contributed by atoms with Crippen molar-refractivity contribution in [1.82, 2.24) is 10.6 Å². The first-order chi connectivity index (χ1) is 7.68. The van der Waals surface area contributed by atoms with Crippen molar-refractivity contribution in [2.75, 3.05) is 32.8 Å². The first kappa shape index (κ1) is 13.5. The second-order valence-corrected chi connectivity index (χ2v) is 4.90. The number of hydrogen-bond donors (Lipinski definition) is 2. The summed E-state index contributed by atoms with van der Waals surface area (Å²) in [5.41, 5.74) is 0. The number of nitrogens with one attached hydrogen (secondary N) is 2. The summed E-state index contributed by atoms with van der Waals surface area (Å²) in [6.07, 6.45) is 2.30. The highest BCUT2D eigenvalue weighted by atomic mass is 16.5. The molecule has 1 saturated heterocycles. The predicted molar refractivity (Wildman–Crippen MR) is 64.3 cm³/mol. The van der Waals surface area contributed by atoms with Gasteiger partial charge < -0.3 is 15.4 Å². The van der Waals surface area contributed by atoms with Gasteiger partial charge in [0.2, 0.25) is 5.91 Å². The molecule has 1 atom stereocenters. The SMILES string of the molecule is CC(C)CNC(=O)COCCC1CCNC1. The van der Waals surface area contributed by atoms with Crippen LogP contribution in [0, 0.1) is 11.8 Å². The zero-order chi connectivity index (χ0) is 11.8. The molecule has 0 saturated carbocycles. The summed E-state index contributed by atoms with van der Waals surface area (Å²) in [7, 11) is 0.